The summed E-state index contributed by atoms with van der Waals surface area (Å²) in [7, 11) is 2.55. The van der Waals surface area contributed by atoms with E-state index in [4.69, 9.17) is 19.2 Å². The molecule has 8 rings (SSSR count). The van der Waals surface area contributed by atoms with Crippen molar-refractivity contribution in [3.8, 4) is 33.8 Å². The fourth-order valence-electron chi connectivity index (χ4n) is 8.94. The summed E-state index contributed by atoms with van der Waals surface area (Å²) in [6.07, 6.45) is 6.34. The highest BCUT2D eigenvalue weighted by molar-refractivity contribution is 5.88. The lowest BCUT2D eigenvalue weighted by Gasteiger charge is -2.34. The van der Waals surface area contributed by atoms with Crippen molar-refractivity contribution in [3.63, 3.8) is 0 Å². The average molecular weight is 850 g/mol. The summed E-state index contributed by atoms with van der Waals surface area (Å²) in [5, 5.41) is 6.33. The first-order chi connectivity index (χ1) is 30.0. The Balaban J connectivity index is 0.953. The molecular weight excluding hydrogens is 798 g/mol. The maximum absolute atomic E-state index is 15.9. The number of carbonyl (C=O) groups is 4. The largest absolute Gasteiger partial charge is 0.453 e. The van der Waals surface area contributed by atoms with Gasteiger partial charge < -0.3 is 44.6 Å². The molecule has 0 unspecified atom stereocenters. The van der Waals surface area contributed by atoms with Crippen LogP contribution < -0.4 is 10.6 Å². The molecule has 326 valence electrons. The second-order valence-electron chi connectivity index (χ2n) is 16.5. The monoisotopic (exact) mass is 849 g/mol. The fraction of sp³-hybridized carbons (Fsp3) is 0.444. The molecule has 0 spiro atoms. The van der Waals surface area contributed by atoms with Gasteiger partial charge in [-0.1, -0.05) is 32.0 Å². The molecule has 0 saturated carbocycles. The van der Waals surface area contributed by atoms with Crippen molar-refractivity contribution < 1.29 is 37.8 Å². The average Bonchev–Trinajstić information content (AvgIpc) is 4.14. The maximum Gasteiger partial charge on any atom is 0.407 e. The Morgan fingerprint density at radius 1 is 0.774 bits per heavy atom. The van der Waals surface area contributed by atoms with E-state index in [1.165, 1.54) is 20.3 Å². The standard InChI is InChI=1S/C45H52FN9O7/c1-25(2)38(52-44(58)60-3)42(56)54-17-5-7-36(54)40-47-23-34(50-40)28-11-14-32-27(21-28)10-13-33(49-32)29-9-12-30(31(46)22-29)35-24-48-41(51-35)37-8-6-18-55(37)43(57)39(53-45(59)61-4)26-15-19-62-20-16-26/h9-14,21-26,36-39H,5-8,15-20H2,1-4H3,(H,47,50)(H,48,51)(H,52,58)(H,53,59)/t36-,37-,38-,39-/m0/s1. The number of ether oxygens (including phenoxy) is 3. The van der Waals surface area contributed by atoms with Crippen LogP contribution in [0.3, 0.4) is 0 Å². The van der Waals surface area contributed by atoms with Gasteiger partial charge in [-0.15, -0.1) is 0 Å². The molecule has 3 aromatic heterocycles. The molecule has 17 heteroatoms. The molecule has 5 aromatic rings. The molecule has 0 radical (unpaired) electrons. The third-order valence-corrected chi connectivity index (χ3v) is 12.3. The number of aromatic nitrogens is 5. The van der Waals surface area contributed by atoms with E-state index in [-0.39, 0.29) is 35.7 Å². The molecule has 3 fully saturated rings. The molecule has 16 nitrogen and oxygen atoms in total. The van der Waals surface area contributed by atoms with E-state index in [0.717, 1.165) is 41.4 Å². The van der Waals surface area contributed by atoms with E-state index in [9.17, 15) is 19.2 Å². The van der Waals surface area contributed by atoms with Crippen LogP contribution in [0.5, 0.6) is 0 Å². The first-order valence-electron chi connectivity index (χ1n) is 21.2. The molecule has 3 saturated heterocycles. The lowest BCUT2D eigenvalue weighted by molar-refractivity contribution is -0.137. The molecule has 6 heterocycles. The number of hydrogen-bond donors (Lipinski definition) is 4. The van der Waals surface area contributed by atoms with Gasteiger partial charge in [0.05, 0.1) is 61.3 Å². The number of methoxy groups -OCH3 is 2. The number of amides is 4. The van der Waals surface area contributed by atoms with E-state index in [2.05, 4.69) is 30.6 Å². The SMILES string of the molecule is COC(=O)N[C@H](C(=O)N1CCC[C@H]1c1ncc(-c2ccc3nc(-c4ccc(-c5cnc([C@@H]6CCCN6C(=O)[C@@H](NC(=O)OC)C6CCOCC6)[nH]5)c(F)c4)ccc3c2)[nH]1)C(C)C. The molecule has 3 aliphatic heterocycles. The molecule has 0 aliphatic carbocycles. The first-order valence-corrected chi connectivity index (χ1v) is 21.2. The quantitative estimate of drug-likeness (QED) is 0.111. The lowest BCUT2D eigenvalue weighted by Crippen LogP contribution is -2.53. The summed E-state index contributed by atoms with van der Waals surface area (Å²) in [6.45, 7) is 5.88. The van der Waals surface area contributed by atoms with Crippen LogP contribution in [-0.4, -0.2) is 111 Å². The third-order valence-electron chi connectivity index (χ3n) is 12.3. The zero-order chi connectivity index (χ0) is 43.5. The van der Waals surface area contributed by atoms with Crippen molar-refractivity contribution >= 4 is 34.9 Å². The number of imidazole rings is 2. The number of aromatic amines is 2. The fourth-order valence-corrected chi connectivity index (χ4v) is 8.94. The van der Waals surface area contributed by atoms with Crippen LogP contribution in [0.1, 0.15) is 76.1 Å². The summed E-state index contributed by atoms with van der Waals surface area (Å²) in [4.78, 5) is 76.2. The molecule has 2 aromatic carbocycles. The third kappa shape index (κ3) is 8.71. The van der Waals surface area contributed by atoms with Gasteiger partial charge in [-0.2, -0.15) is 0 Å². The zero-order valence-electron chi connectivity index (χ0n) is 35.3. The smallest absolute Gasteiger partial charge is 0.407 e. The first kappa shape index (κ1) is 42.3. The van der Waals surface area contributed by atoms with Crippen molar-refractivity contribution in [3.05, 3.63) is 78.4 Å². The molecule has 0 bridgehead atoms. The number of likely N-dealkylation sites (tertiary alicyclic amines) is 2. The molecule has 62 heavy (non-hydrogen) atoms. The number of pyridine rings is 1. The zero-order valence-corrected chi connectivity index (χ0v) is 35.3. The number of halogens is 1. The Morgan fingerprint density at radius 3 is 2.06 bits per heavy atom. The lowest BCUT2D eigenvalue weighted by atomic mass is 9.90. The Bertz CT molecular complexity index is 2450. The summed E-state index contributed by atoms with van der Waals surface area (Å²) < 4.78 is 31.0. The van der Waals surface area contributed by atoms with E-state index in [0.29, 0.717) is 79.7 Å². The Hall–Kier alpha value is -6.36. The molecular formula is C45H52FN9O7. The van der Waals surface area contributed by atoms with Crippen molar-refractivity contribution in [2.45, 2.75) is 76.5 Å². The van der Waals surface area contributed by atoms with Gasteiger partial charge in [0.2, 0.25) is 11.8 Å². The number of benzene rings is 2. The van der Waals surface area contributed by atoms with Crippen molar-refractivity contribution in [2.24, 2.45) is 11.8 Å². The molecule has 4 N–H and O–H groups in total. The maximum atomic E-state index is 15.9. The number of H-pyrrole nitrogens is 2. The van der Waals surface area contributed by atoms with Crippen LogP contribution in [-0.2, 0) is 23.8 Å². The van der Waals surface area contributed by atoms with Crippen LogP contribution in [0.15, 0.2) is 60.9 Å². The number of alkyl carbamates (subject to hydrolysis) is 2. The minimum atomic E-state index is -0.752. The molecule has 3 aliphatic rings. The minimum Gasteiger partial charge on any atom is -0.453 e. The van der Waals surface area contributed by atoms with Crippen molar-refractivity contribution in [1.82, 2.24) is 45.4 Å². The highest BCUT2D eigenvalue weighted by atomic mass is 19.1. The second kappa shape index (κ2) is 18.3. The summed E-state index contributed by atoms with van der Waals surface area (Å²) >= 11 is 0. The van der Waals surface area contributed by atoms with Crippen molar-refractivity contribution in [1.29, 1.82) is 0 Å². The summed E-state index contributed by atoms with van der Waals surface area (Å²) in [6, 6.07) is 12.6. The molecule has 4 amide bonds. The second-order valence-corrected chi connectivity index (χ2v) is 16.5. The van der Waals surface area contributed by atoms with Gasteiger partial charge in [0.15, 0.2) is 0 Å². The van der Waals surface area contributed by atoms with Gasteiger partial charge in [-0.25, -0.2) is 28.9 Å². The summed E-state index contributed by atoms with van der Waals surface area (Å²) in [5.41, 5.74) is 4.46. The van der Waals surface area contributed by atoms with Gasteiger partial charge in [0.1, 0.15) is 29.5 Å². The van der Waals surface area contributed by atoms with E-state index < -0.39 is 30.1 Å². The van der Waals surface area contributed by atoms with Crippen LogP contribution >= 0.6 is 0 Å². The Labute approximate surface area is 358 Å². The van der Waals surface area contributed by atoms with Crippen LogP contribution in [0.2, 0.25) is 0 Å². The number of carbonyl (C=O) groups excluding carboxylic acids is 4. The number of nitrogens with one attached hydrogen (secondary N) is 4. The predicted octanol–water partition coefficient (Wildman–Crippen LogP) is 6.68. The Morgan fingerprint density at radius 2 is 1.40 bits per heavy atom. The number of fused-ring (bicyclic) bond motifs is 1. The van der Waals surface area contributed by atoms with Gasteiger partial charge in [0, 0.05) is 48.4 Å². The topological polar surface area (TPSA) is 197 Å². The molecule has 4 atom stereocenters. The number of nitrogens with zero attached hydrogens (tertiary/aromatic N) is 5. The van der Waals surface area contributed by atoms with E-state index >= 15 is 4.39 Å². The number of hydrogen-bond acceptors (Lipinski definition) is 10. The van der Waals surface area contributed by atoms with Gasteiger partial charge in [-0.05, 0) is 80.7 Å². The van der Waals surface area contributed by atoms with Gasteiger partial charge >= 0.3 is 12.2 Å². The predicted molar refractivity (Wildman–Crippen MR) is 227 cm³/mol. The minimum absolute atomic E-state index is 0.0833. The van der Waals surface area contributed by atoms with Crippen LogP contribution in [0.25, 0.3) is 44.7 Å². The summed E-state index contributed by atoms with van der Waals surface area (Å²) in [5.74, 6) is 0.205. The van der Waals surface area contributed by atoms with Gasteiger partial charge in [0.25, 0.3) is 0 Å². The Kier molecular flexibility index (Phi) is 12.5. The van der Waals surface area contributed by atoms with Crippen LogP contribution in [0.4, 0.5) is 14.0 Å². The van der Waals surface area contributed by atoms with E-state index in [1.807, 2.05) is 50.2 Å². The van der Waals surface area contributed by atoms with Crippen LogP contribution in [0, 0.1) is 17.7 Å². The van der Waals surface area contributed by atoms with E-state index in [1.54, 1.807) is 28.3 Å². The number of rotatable bonds is 11. The highest BCUT2D eigenvalue weighted by Gasteiger charge is 2.41. The normalized spacial score (nSPS) is 19.1. The van der Waals surface area contributed by atoms with Gasteiger partial charge in [-0.3, -0.25) is 9.59 Å². The highest BCUT2D eigenvalue weighted by Crippen LogP contribution is 2.36. The van der Waals surface area contributed by atoms with Crippen molar-refractivity contribution in [2.75, 3.05) is 40.5 Å².